The van der Waals surface area contributed by atoms with Crippen LogP contribution in [0.2, 0.25) is 0 Å². The molecule has 2 fully saturated rings. The number of nitrogens with zero attached hydrogens (tertiary/aromatic N) is 2. The van der Waals surface area contributed by atoms with E-state index < -0.39 is 0 Å². The lowest BCUT2D eigenvalue weighted by atomic mass is 9.96. The highest BCUT2D eigenvalue weighted by molar-refractivity contribution is 5.74. The lowest BCUT2D eigenvalue weighted by Crippen LogP contribution is -2.48. The van der Waals surface area contributed by atoms with Crippen LogP contribution in [0.3, 0.4) is 0 Å². The summed E-state index contributed by atoms with van der Waals surface area (Å²) in [7, 11) is 0. The van der Waals surface area contributed by atoms with Crippen molar-refractivity contribution in [2.24, 2.45) is 0 Å². The minimum atomic E-state index is 0.250. The van der Waals surface area contributed by atoms with Crippen molar-refractivity contribution in [2.45, 2.75) is 58.0 Å². The zero-order chi connectivity index (χ0) is 16.9. The molecule has 0 unspecified atom stereocenters. The second-order valence-corrected chi connectivity index (χ2v) is 7.36. The van der Waals surface area contributed by atoms with Gasteiger partial charge in [0, 0.05) is 32.1 Å². The van der Waals surface area contributed by atoms with Gasteiger partial charge in [-0.1, -0.05) is 54.8 Å². The molecule has 2 aliphatic heterocycles. The lowest BCUT2D eigenvalue weighted by Gasteiger charge is -2.37. The molecular formula is C21H30N2O. The van der Waals surface area contributed by atoms with Gasteiger partial charge in [0.2, 0.25) is 5.91 Å². The first-order valence-corrected chi connectivity index (χ1v) is 9.38. The molecule has 130 valence electrons. The molecule has 24 heavy (non-hydrogen) atoms. The van der Waals surface area contributed by atoms with E-state index in [-0.39, 0.29) is 5.91 Å². The topological polar surface area (TPSA) is 23.6 Å². The molecule has 0 radical (unpaired) electrons. The third kappa shape index (κ3) is 4.07. The number of carbonyl (C=O) groups is 1. The fourth-order valence-electron chi connectivity index (χ4n) is 4.41. The summed E-state index contributed by atoms with van der Waals surface area (Å²) in [6, 6.07) is 11.5. The summed E-state index contributed by atoms with van der Waals surface area (Å²) >= 11 is 0. The van der Waals surface area contributed by atoms with Gasteiger partial charge in [-0.15, -0.1) is 0 Å². The SMILES string of the molecule is CC(=O)N1CC[C@H]2[C@H]1CCCCCN2C/C(C)=C/c1ccccc1. The van der Waals surface area contributed by atoms with E-state index in [1.165, 1.54) is 36.8 Å². The van der Waals surface area contributed by atoms with Gasteiger partial charge in [0.1, 0.15) is 0 Å². The second kappa shape index (κ2) is 7.98. The van der Waals surface area contributed by atoms with Gasteiger partial charge in [0.25, 0.3) is 0 Å². The fourth-order valence-corrected chi connectivity index (χ4v) is 4.41. The Morgan fingerprint density at radius 1 is 1.04 bits per heavy atom. The highest BCUT2D eigenvalue weighted by Gasteiger charge is 2.39. The monoisotopic (exact) mass is 326 g/mol. The van der Waals surface area contributed by atoms with Crippen LogP contribution in [0.5, 0.6) is 0 Å². The predicted molar refractivity (Wildman–Crippen MR) is 99.7 cm³/mol. The lowest BCUT2D eigenvalue weighted by molar-refractivity contribution is -0.130. The van der Waals surface area contributed by atoms with Crippen molar-refractivity contribution < 1.29 is 4.79 Å². The fraction of sp³-hybridized carbons (Fsp3) is 0.571. The number of amides is 1. The molecule has 1 amide bonds. The third-order valence-electron chi connectivity index (χ3n) is 5.49. The Morgan fingerprint density at radius 2 is 1.83 bits per heavy atom. The van der Waals surface area contributed by atoms with Gasteiger partial charge in [-0.3, -0.25) is 9.69 Å². The predicted octanol–water partition coefficient (Wildman–Crippen LogP) is 3.96. The van der Waals surface area contributed by atoms with Crippen molar-refractivity contribution in [1.29, 1.82) is 0 Å². The molecule has 3 rings (SSSR count). The van der Waals surface area contributed by atoms with Gasteiger partial charge < -0.3 is 4.90 Å². The van der Waals surface area contributed by atoms with Gasteiger partial charge in [-0.25, -0.2) is 0 Å². The molecule has 0 saturated carbocycles. The second-order valence-electron chi connectivity index (χ2n) is 7.36. The van der Waals surface area contributed by atoms with E-state index in [9.17, 15) is 4.79 Å². The van der Waals surface area contributed by atoms with Gasteiger partial charge >= 0.3 is 0 Å². The molecule has 0 aliphatic carbocycles. The molecule has 0 aromatic heterocycles. The zero-order valence-corrected chi connectivity index (χ0v) is 15.1. The molecule has 0 spiro atoms. The van der Waals surface area contributed by atoms with Crippen LogP contribution in [-0.2, 0) is 4.79 Å². The maximum atomic E-state index is 12.0. The Morgan fingerprint density at radius 3 is 2.58 bits per heavy atom. The van der Waals surface area contributed by atoms with Gasteiger partial charge in [-0.05, 0) is 38.3 Å². The van der Waals surface area contributed by atoms with E-state index in [0.29, 0.717) is 12.1 Å². The van der Waals surface area contributed by atoms with Crippen LogP contribution >= 0.6 is 0 Å². The van der Waals surface area contributed by atoms with E-state index in [0.717, 1.165) is 26.1 Å². The molecule has 2 heterocycles. The van der Waals surface area contributed by atoms with Crippen molar-refractivity contribution in [3.8, 4) is 0 Å². The zero-order valence-electron chi connectivity index (χ0n) is 15.1. The number of rotatable bonds is 3. The summed E-state index contributed by atoms with van der Waals surface area (Å²) in [5.41, 5.74) is 2.68. The standard InChI is InChI=1S/C21H30N2O/c1-17(15-19-9-5-3-6-10-19)16-22-13-8-4-7-11-21-20(22)12-14-23(21)18(2)24/h3,5-6,9-10,15,20-21H,4,7-8,11-14,16H2,1-2H3/b17-15+/t20-,21+/m0/s1. The number of fused-ring (bicyclic) bond motifs is 1. The summed E-state index contributed by atoms with van der Waals surface area (Å²) in [5.74, 6) is 0.250. The highest BCUT2D eigenvalue weighted by Crippen LogP contribution is 2.30. The normalized spacial score (nSPS) is 25.9. The first kappa shape index (κ1) is 17.2. The Labute approximate surface area is 146 Å². The molecule has 3 nitrogen and oxygen atoms in total. The highest BCUT2D eigenvalue weighted by atomic mass is 16.2. The summed E-state index contributed by atoms with van der Waals surface area (Å²) in [6.45, 7) is 7.07. The Balaban J connectivity index is 1.73. The van der Waals surface area contributed by atoms with Crippen LogP contribution in [0.15, 0.2) is 35.9 Å². The van der Waals surface area contributed by atoms with Crippen LogP contribution in [0.1, 0.15) is 51.5 Å². The molecule has 0 bridgehead atoms. The molecule has 1 aromatic rings. The first-order chi connectivity index (χ1) is 11.6. The number of carbonyl (C=O) groups excluding carboxylic acids is 1. The van der Waals surface area contributed by atoms with Crippen LogP contribution in [0.25, 0.3) is 6.08 Å². The van der Waals surface area contributed by atoms with E-state index in [1.807, 2.05) is 0 Å². The van der Waals surface area contributed by atoms with Gasteiger partial charge in [0.15, 0.2) is 0 Å². The molecular weight excluding hydrogens is 296 g/mol. The molecule has 2 aliphatic rings. The average molecular weight is 326 g/mol. The van der Waals surface area contributed by atoms with Crippen molar-refractivity contribution in [1.82, 2.24) is 9.80 Å². The van der Waals surface area contributed by atoms with Crippen LogP contribution in [0, 0.1) is 0 Å². The van der Waals surface area contributed by atoms with Crippen molar-refractivity contribution >= 4 is 12.0 Å². The summed E-state index contributed by atoms with van der Waals surface area (Å²) in [5, 5.41) is 0. The molecule has 2 saturated heterocycles. The van der Waals surface area contributed by atoms with E-state index in [4.69, 9.17) is 0 Å². The number of likely N-dealkylation sites (tertiary alicyclic amines) is 2. The maximum absolute atomic E-state index is 12.0. The molecule has 1 aromatic carbocycles. The molecule has 3 heteroatoms. The maximum Gasteiger partial charge on any atom is 0.219 e. The summed E-state index contributed by atoms with van der Waals surface area (Å²) < 4.78 is 0. The largest absolute Gasteiger partial charge is 0.338 e. The van der Waals surface area contributed by atoms with Gasteiger partial charge in [0.05, 0.1) is 0 Å². The third-order valence-corrected chi connectivity index (χ3v) is 5.49. The van der Waals surface area contributed by atoms with Crippen molar-refractivity contribution in [3.63, 3.8) is 0 Å². The van der Waals surface area contributed by atoms with E-state index in [1.54, 1.807) is 6.92 Å². The molecule has 0 N–H and O–H groups in total. The van der Waals surface area contributed by atoms with Crippen LogP contribution < -0.4 is 0 Å². The van der Waals surface area contributed by atoms with Crippen LogP contribution in [0.4, 0.5) is 0 Å². The quantitative estimate of drug-likeness (QED) is 0.839. The summed E-state index contributed by atoms with van der Waals surface area (Å²) in [4.78, 5) is 16.7. The van der Waals surface area contributed by atoms with E-state index >= 15 is 0 Å². The minimum absolute atomic E-state index is 0.250. The molecule has 2 atom stereocenters. The smallest absolute Gasteiger partial charge is 0.219 e. The Kier molecular flexibility index (Phi) is 5.72. The van der Waals surface area contributed by atoms with Crippen molar-refractivity contribution in [2.75, 3.05) is 19.6 Å². The average Bonchev–Trinajstić information content (AvgIpc) is 2.95. The number of hydrogen-bond acceptors (Lipinski definition) is 2. The summed E-state index contributed by atoms with van der Waals surface area (Å²) in [6.07, 6.45) is 8.42. The Bertz CT molecular complexity index is 581. The van der Waals surface area contributed by atoms with Crippen molar-refractivity contribution in [3.05, 3.63) is 41.5 Å². The minimum Gasteiger partial charge on any atom is -0.338 e. The first-order valence-electron chi connectivity index (χ1n) is 9.38. The number of benzene rings is 1. The van der Waals surface area contributed by atoms with Gasteiger partial charge in [-0.2, -0.15) is 0 Å². The Hall–Kier alpha value is -1.61. The van der Waals surface area contributed by atoms with Crippen LogP contribution in [-0.4, -0.2) is 47.4 Å². The van der Waals surface area contributed by atoms with E-state index in [2.05, 4.69) is 53.1 Å². The number of hydrogen-bond donors (Lipinski definition) is 0.